The Morgan fingerprint density at radius 2 is 2.25 bits per heavy atom. The number of nitrogens with zero attached hydrogens (tertiary/aromatic N) is 1. The van der Waals surface area contributed by atoms with Gasteiger partial charge in [-0.05, 0) is 30.7 Å². The fraction of sp³-hybridized carbons (Fsp3) is 0.571. The molecule has 0 unspecified atom stereocenters. The van der Waals surface area contributed by atoms with Crippen molar-refractivity contribution in [3.05, 3.63) is 33.9 Å². The Labute approximate surface area is 117 Å². The minimum absolute atomic E-state index is 0.0686. The number of benzene rings is 1. The summed E-state index contributed by atoms with van der Waals surface area (Å²) in [6.07, 6.45) is 3.07. The minimum Gasteiger partial charge on any atom is -0.496 e. The molecule has 1 fully saturated rings. The van der Waals surface area contributed by atoms with Crippen LogP contribution in [0.25, 0.3) is 0 Å². The second kappa shape index (κ2) is 6.19. The van der Waals surface area contributed by atoms with Gasteiger partial charge >= 0.3 is 0 Å². The highest BCUT2D eigenvalue weighted by Crippen LogP contribution is 2.47. The molecule has 6 nitrogen and oxygen atoms in total. The summed E-state index contributed by atoms with van der Waals surface area (Å²) in [5.41, 5.74) is 1.07. The Morgan fingerprint density at radius 1 is 1.50 bits per heavy atom. The van der Waals surface area contributed by atoms with Gasteiger partial charge in [0.05, 0.1) is 12.0 Å². The highest BCUT2D eigenvalue weighted by Gasteiger charge is 2.41. The third kappa shape index (κ3) is 3.46. The number of aliphatic hydroxyl groups excluding tert-OH is 1. The molecule has 1 aliphatic carbocycles. The molecule has 0 saturated heterocycles. The van der Waals surface area contributed by atoms with Crippen LogP contribution in [0.1, 0.15) is 24.8 Å². The highest BCUT2D eigenvalue weighted by molar-refractivity contribution is 5.43. The summed E-state index contributed by atoms with van der Waals surface area (Å²) in [6.45, 7) is 1.55. The minimum atomic E-state index is -0.406. The monoisotopic (exact) mass is 280 g/mol. The van der Waals surface area contributed by atoms with Gasteiger partial charge in [0.15, 0.2) is 0 Å². The maximum Gasteiger partial charge on any atom is 0.270 e. The van der Waals surface area contributed by atoms with Gasteiger partial charge in [-0.3, -0.25) is 10.1 Å². The Hall–Kier alpha value is -1.66. The number of ether oxygens (including phenoxy) is 1. The fourth-order valence-corrected chi connectivity index (χ4v) is 2.41. The zero-order chi connectivity index (χ0) is 14.6. The predicted molar refractivity (Wildman–Crippen MR) is 74.7 cm³/mol. The molecule has 0 heterocycles. The summed E-state index contributed by atoms with van der Waals surface area (Å²) in [4.78, 5) is 10.4. The topological polar surface area (TPSA) is 84.6 Å². The summed E-state index contributed by atoms with van der Waals surface area (Å²) >= 11 is 0. The fourth-order valence-electron chi connectivity index (χ4n) is 2.41. The van der Waals surface area contributed by atoms with Crippen LogP contribution < -0.4 is 10.1 Å². The van der Waals surface area contributed by atoms with Crippen molar-refractivity contribution in [2.24, 2.45) is 5.41 Å². The summed E-state index contributed by atoms with van der Waals surface area (Å²) in [7, 11) is 1.55. The van der Waals surface area contributed by atoms with Gasteiger partial charge in [0, 0.05) is 37.4 Å². The third-order valence-corrected chi connectivity index (χ3v) is 3.89. The average molecular weight is 280 g/mol. The van der Waals surface area contributed by atoms with Crippen molar-refractivity contribution in [2.45, 2.75) is 25.8 Å². The van der Waals surface area contributed by atoms with Crippen molar-refractivity contribution < 1.29 is 14.8 Å². The number of nitro benzene ring substituents is 1. The Kier molecular flexibility index (Phi) is 4.57. The van der Waals surface area contributed by atoms with Gasteiger partial charge in [-0.25, -0.2) is 0 Å². The van der Waals surface area contributed by atoms with Gasteiger partial charge in [0.25, 0.3) is 5.69 Å². The first-order chi connectivity index (χ1) is 9.60. The van der Waals surface area contributed by atoms with Crippen molar-refractivity contribution in [3.63, 3.8) is 0 Å². The van der Waals surface area contributed by atoms with Crippen molar-refractivity contribution >= 4 is 5.69 Å². The van der Waals surface area contributed by atoms with E-state index in [0.717, 1.165) is 31.4 Å². The lowest BCUT2D eigenvalue weighted by Gasteiger charge is -2.15. The van der Waals surface area contributed by atoms with E-state index in [0.29, 0.717) is 12.3 Å². The van der Waals surface area contributed by atoms with Crippen LogP contribution in [0, 0.1) is 15.5 Å². The molecule has 110 valence electrons. The lowest BCUT2D eigenvalue weighted by Crippen LogP contribution is -2.24. The molecule has 6 heteroatoms. The summed E-state index contributed by atoms with van der Waals surface area (Å²) in [5.74, 6) is 0.648. The largest absolute Gasteiger partial charge is 0.496 e. The van der Waals surface area contributed by atoms with E-state index in [1.54, 1.807) is 13.2 Å². The molecule has 1 aromatic carbocycles. The SMILES string of the molecule is COc1ccc([N+](=O)[O-])cc1CNCC1(CCO)CC1. The molecule has 1 saturated carbocycles. The predicted octanol–water partition coefficient (Wildman–Crippen LogP) is 1.86. The van der Waals surface area contributed by atoms with Crippen LogP contribution >= 0.6 is 0 Å². The Morgan fingerprint density at radius 3 is 2.80 bits per heavy atom. The number of nitro groups is 1. The van der Waals surface area contributed by atoms with Crippen LogP contribution in [-0.2, 0) is 6.54 Å². The molecule has 20 heavy (non-hydrogen) atoms. The van der Waals surface area contributed by atoms with Crippen LogP contribution in [-0.4, -0.2) is 30.3 Å². The molecule has 2 N–H and O–H groups in total. The van der Waals surface area contributed by atoms with E-state index < -0.39 is 4.92 Å². The molecule has 2 rings (SSSR count). The number of hydrogen-bond acceptors (Lipinski definition) is 5. The standard InChI is InChI=1S/C14H20N2O4/c1-20-13-3-2-12(16(18)19)8-11(13)9-15-10-14(4-5-14)6-7-17/h2-3,8,15,17H,4-7,9-10H2,1H3. The number of non-ortho nitro benzene ring substituents is 1. The molecule has 0 aromatic heterocycles. The van der Waals surface area contributed by atoms with Gasteiger partial charge in [0.1, 0.15) is 5.75 Å². The maximum atomic E-state index is 10.8. The van der Waals surface area contributed by atoms with Crippen LogP contribution in [0.4, 0.5) is 5.69 Å². The first-order valence-corrected chi connectivity index (χ1v) is 6.73. The van der Waals surface area contributed by atoms with Crippen LogP contribution in [0.15, 0.2) is 18.2 Å². The molecular formula is C14H20N2O4. The van der Waals surface area contributed by atoms with E-state index in [9.17, 15) is 10.1 Å². The van der Waals surface area contributed by atoms with E-state index in [4.69, 9.17) is 9.84 Å². The van der Waals surface area contributed by atoms with Crippen molar-refractivity contribution in [3.8, 4) is 5.75 Å². The van der Waals surface area contributed by atoms with Gasteiger partial charge in [0.2, 0.25) is 0 Å². The van der Waals surface area contributed by atoms with Gasteiger partial charge in [-0.1, -0.05) is 0 Å². The zero-order valence-corrected chi connectivity index (χ0v) is 11.6. The van der Waals surface area contributed by atoms with Crippen LogP contribution in [0.2, 0.25) is 0 Å². The van der Waals surface area contributed by atoms with Crippen LogP contribution in [0.3, 0.4) is 0 Å². The number of rotatable bonds is 8. The highest BCUT2D eigenvalue weighted by atomic mass is 16.6. The molecule has 0 amide bonds. The maximum absolute atomic E-state index is 10.8. The third-order valence-electron chi connectivity index (χ3n) is 3.89. The van der Waals surface area contributed by atoms with E-state index in [-0.39, 0.29) is 17.7 Å². The molecule has 0 spiro atoms. The average Bonchev–Trinajstić information content (AvgIpc) is 3.19. The van der Waals surface area contributed by atoms with E-state index >= 15 is 0 Å². The smallest absolute Gasteiger partial charge is 0.270 e. The summed E-state index contributed by atoms with van der Waals surface area (Å²) in [6, 6.07) is 4.60. The molecular weight excluding hydrogens is 260 g/mol. The zero-order valence-electron chi connectivity index (χ0n) is 11.6. The van der Waals surface area contributed by atoms with E-state index in [1.165, 1.54) is 12.1 Å². The van der Waals surface area contributed by atoms with Crippen molar-refractivity contribution in [2.75, 3.05) is 20.3 Å². The first kappa shape index (κ1) is 14.7. The number of hydrogen-bond donors (Lipinski definition) is 2. The quantitative estimate of drug-likeness (QED) is 0.561. The molecule has 0 aliphatic heterocycles. The van der Waals surface area contributed by atoms with Gasteiger partial charge < -0.3 is 15.2 Å². The Bertz CT molecular complexity index is 486. The first-order valence-electron chi connectivity index (χ1n) is 6.73. The Balaban J connectivity index is 1.97. The van der Waals surface area contributed by atoms with E-state index in [2.05, 4.69) is 5.32 Å². The lowest BCUT2D eigenvalue weighted by atomic mass is 10.0. The molecule has 0 radical (unpaired) electrons. The normalized spacial score (nSPS) is 15.9. The summed E-state index contributed by atoms with van der Waals surface area (Å²) < 4.78 is 5.22. The molecule has 1 aromatic rings. The van der Waals surface area contributed by atoms with Gasteiger partial charge in [-0.2, -0.15) is 0 Å². The van der Waals surface area contributed by atoms with Gasteiger partial charge in [-0.15, -0.1) is 0 Å². The number of nitrogens with one attached hydrogen (secondary N) is 1. The number of methoxy groups -OCH3 is 1. The number of aliphatic hydroxyl groups is 1. The second-order valence-corrected chi connectivity index (χ2v) is 5.33. The van der Waals surface area contributed by atoms with E-state index in [1.807, 2.05) is 0 Å². The molecule has 0 atom stereocenters. The molecule has 1 aliphatic rings. The molecule has 0 bridgehead atoms. The van der Waals surface area contributed by atoms with Crippen molar-refractivity contribution in [1.82, 2.24) is 5.32 Å². The lowest BCUT2D eigenvalue weighted by molar-refractivity contribution is -0.384. The van der Waals surface area contributed by atoms with Crippen LogP contribution in [0.5, 0.6) is 5.75 Å². The summed E-state index contributed by atoms with van der Waals surface area (Å²) in [5, 5.41) is 23.1. The second-order valence-electron chi connectivity index (χ2n) is 5.33. The van der Waals surface area contributed by atoms with Crippen molar-refractivity contribution in [1.29, 1.82) is 0 Å².